The van der Waals surface area contributed by atoms with Crippen LogP contribution in [0.4, 0.5) is 4.79 Å². The molecule has 0 radical (unpaired) electrons. The molecular weight excluding hydrogens is 264 g/mol. The number of carbonyl (C=O) groups is 2. The number of carbonyl (C=O) groups excluding carboxylic acids is 1. The zero-order chi connectivity index (χ0) is 14.9. The molecule has 3 N–H and O–H groups in total. The lowest BCUT2D eigenvalue weighted by Crippen LogP contribution is -2.48. The monoisotopic (exact) mass is 286 g/mol. The van der Waals surface area contributed by atoms with Crippen LogP contribution in [0.1, 0.15) is 32.6 Å². The average Bonchev–Trinajstić information content (AvgIpc) is 2.65. The van der Waals surface area contributed by atoms with E-state index in [4.69, 9.17) is 5.11 Å². The standard InChI is InChI=1S/C13H22N2O5/c1-13(20)3-2-5-14(6-4-13)12(19)15-8-9(16)7-10(15)11(17)18/h9-10,16,20H,2-8H2,1H3,(H,17,18). The number of nitrogens with zero attached hydrogens (tertiary/aromatic N) is 2. The second-order valence-electron chi connectivity index (χ2n) is 6.02. The summed E-state index contributed by atoms with van der Waals surface area (Å²) < 4.78 is 0. The number of hydrogen-bond acceptors (Lipinski definition) is 4. The van der Waals surface area contributed by atoms with E-state index in [1.165, 1.54) is 4.90 Å². The van der Waals surface area contributed by atoms with Gasteiger partial charge in [-0.3, -0.25) is 0 Å². The molecule has 0 aliphatic carbocycles. The van der Waals surface area contributed by atoms with Crippen molar-refractivity contribution in [3.63, 3.8) is 0 Å². The summed E-state index contributed by atoms with van der Waals surface area (Å²) in [5.74, 6) is -1.09. The van der Waals surface area contributed by atoms with E-state index in [1.54, 1.807) is 11.8 Å². The number of urea groups is 1. The molecule has 0 aromatic carbocycles. The summed E-state index contributed by atoms with van der Waals surface area (Å²) in [6.07, 6.45) is 1.09. The summed E-state index contributed by atoms with van der Waals surface area (Å²) >= 11 is 0. The van der Waals surface area contributed by atoms with Crippen LogP contribution < -0.4 is 0 Å². The second-order valence-corrected chi connectivity index (χ2v) is 6.02. The van der Waals surface area contributed by atoms with E-state index >= 15 is 0 Å². The largest absolute Gasteiger partial charge is 0.480 e. The number of aliphatic hydroxyl groups excluding tert-OH is 1. The molecule has 7 heteroatoms. The molecule has 2 heterocycles. The normalized spacial score (nSPS) is 35.0. The van der Waals surface area contributed by atoms with Crippen LogP contribution in [0.5, 0.6) is 0 Å². The van der Waals surface area contributed by atoms with Crippen LogP contribution in [0.25, 0.3) is 0 Å². The van der Waals surface area contributed by atoms with Gasteiger partial charge in [-0.05, 0) is 26.2 Å². The molecule has 3 unspecified atom stereocenters. The van der Waals surface area contributed by atoms with Gasteiger partial charge >= 0.3 is 12.0 Å². The molecular formula is C13H22N2O5. The first-order chi connectivity index (χ1) is 9.30. The Bertz CT molecular complexity index is 398. The van der Waals surface area contributed by atoms with E-state index in [0.717, 1.165) is 0 Å². The number of carboxylic acids is 1. The summed E-state index contributed by atoms with van der Waals surface area (Å²) in [6, 6.07) is -1.31. The highest BCUT2D eigenvalue weighted by atomic mass is 16.4. The molecule has 0 aromatic heterocycles. The van der Waals surface area contributed by atoms with Gasteiger partial charge < -0.3 is 25.1 Å². The minimum atomic E-state index is -1.09. The molecule has 0 spiro atoms. The highest BCUT2D eigenvalue weighted by Crippen LogP contribution is 2.25. The summed E-state index contributed by atoms with van der Waals surface area (Å²) in [6.45, 7) is 2.72. The number of carboxylic acid groups (broad SMARTS) is 1. The Morgan fingerprint density at radius 3 is 2.60 bits per heavy atom. The van der Waals surface area contributed by atoms with Crippen molar-refractivity contribution in [1.82, 2.24) is 9.80 Å². The van der Waals surface area contributed by atoms with Gasteiger partial charge in [0.1, 0.15) is 6.04 Å². The molecule has 3 atom stereocenters. The smallest absolute Gasteiger partial charge is 0.326 e. The maximum atomic E-state index is 12.4. The first-order valence-electron chi connectivity index (χ1n) is 6.99. The van der Waals surface area contributed by atoms with Crippen LogP contribution in [0.2, 0.25) is 0 Å². The van der Waals surface area contributed by atoms with Crippen LogP contribution >= 0.6 is 0 Å². The first-order valence-corrected chi connectivity index (χ1v) is 6.99. The highest BCUT2D eigenvalue weighted by molar-refractivity contribution is 5.83. The van der Waals surface area contributed by atoms with Gasteiger partial charge in [-0.1, -0.05) is 0 Å². The Morgan fingerprint density at radius 1 is 1.25 bits per heavy atom. The summed E-state index contributed by atoms with van der Waals surface area (Å²) in [4.78, 5) is 26.4. The van der Waals surface area contributed by atoms with E-state index in [9.17, 15) is 19.8 Å². The van der Waals surface area contributed by atoms with E-state index in [2.05, 4.69) is 0 Å². The third kappa shape index (κ3) is 3.21. The van der Waals surface area contributed by atoms with Crippen molar-refractivity contribution < 1.29 is 24.9 Å². The average molecular weight is 286 g/mol. The lowest BCUT2D eigenvalue weighted by molar-refractivity contribution is -0.141. The Kier molecular flexibility index (Phi) is 4.19. The minimum absolute atomic E-state index is 0.0582. The van der Waals surface area contributed by atoms with Crippen molar-refractivity contribution in [2.45, 2.75) is 50.4 Å². The van der Waals surface area contributed by atoms with Crippen LogP contribution in [-0.2, 0) is 4.79 Å². The van der Waals surface area contributed by atoms with Crippen LogP contribution in [0.3, 0.4) is 0 Å². The highest BCUT2D eigenvalue weighted by Gasteiger charge is 2.41. The third-order valence-corrected chi connectivity index (χ3v) is 4.14. The molecule has 2 saturated heterocycles. The molecule has 114 valence electrons. The van der Waals surface area contributed by atoms with Crippen molar-refractivity contribution >= 4 is 12.0 Å². The van der Waals surface area contributed by atoms with Gasteiger partial charge in [0, 0.05) is 26.1 Å². The molecule has 2 fully saturated rings. The summed E-state index contributed by atoms with van der Waals surface area (Å²) in [7, 11) is 0. The number of likely N-dealkylation sites (tertiary alicyclic amines) is 2. The van der Waals surface area contributed by atoms with Crippen molar-refractivity contribution in [1.29, 1.82) is 0 Å². The molecule has 0 aromatic rings. The van der Waals surface area contributed by atoms with Gasteiger partial charge in [0.15, 0.2) is 0 Å². The van der Waals surface area contributed by atoms with Gasteiger partial charge in [-0.25, -0.2) is 9.59 Å². The number of amides is 2. The van der Waals surface area contributed by atoms with E-state index < -0.39 is 23.7 Å². The predicted molar refractivity (Wildman–Crippen MR) is 70.2 cm³/mol. The van der Waals surface area contributed by atoms with Crippen molar-refractivity contribution in [3.8, 4) is 0 Å². The van der Waals surface area contributed by atoms with Gasteiger partial charge in [0.05, 0.1) is 11.7 Å². The summed E-state index contributed by atoms with van der Waals surface area (Å²) in [5.41, 5.74) is -0.772. The van der Waals surface area contributed by atoms with Crippen molar-refractivity contribution in [2.24, 2.45) is 0 Å². The molecule has 2 rings (SSSR count). The van der Waals surface area contributed by atoms with Crippen LogP contribution in [-0.4, -0.2) is 74.5 Å². The number of aliphatic carboxylic acids is 1. The van der Waals surface area contributed by atoms with Crippen molar-refractivity contribution in [3.05, 3.63) is 0 Å². The fraction of sp³-hybridized carbons (Fsp3) is 0.846. The SMILES string of the molecule is CC1(O)CCCN(C(=O)N2CC(O)CC2C(=O)O)CC1. The zero-order valence-corrected chi connectivity index (χ0v) is 11.7. The lowest BCUT2D eigenvalue weighted by atomic mass is 9.98. The number of rotatable bonds is 1. The van der Waals surface area contributed by atoms with Gasteiger partial charge in [-0.2, -0.15) is 0 Å². The van der Waals surface area contributed by atoms with Crippen LogP contribution in [0, 0.1) is 0 Å². The molecule has 0 bridgehead atoms. The van der Waals surface area contributed by atoms with E-state index in [0.29, 0.717) is 32.4 Å². The first kappa shape index (κ1) is 15.1. The van der Waals surface area contributed by atoms with Gasteiger partial charge in [0.2, 0.25) is 0 Å². The van der Waals surface area contributed by atoms with Crippen molar-refractivity contribution in [2.75, 3.05) is 19.6 Å². The zero-order valence-electron chi connectivity index (χ0n) is 11.7. The maximum Gasteiger partial charge on any atom is 0.326 e. The minimum Gasteiger partial charge on any atom is -0.480 e. The molecule has 2 aliphatic rings. The fourth-order valence-corrected chi connectivity index (χ4v) is 2.90. The number of aliphatic hydroxyl groups is 2. The van der Waals surface area contributed by atoms with E-state index in [1.807, 2.05) is 0 Å². The Balaban J connectivity index is 2.05. The quantitative estimate of drug-likeness (QED) is 0.623. The number of β-amino-alcohol motifs (C(OH)–C–C–N with tert-alkyl or cyclic N) is 1. The molecule has 7 nitrogen and oxygen atoms in total. The second kappa shape index (κ2) is 5.57. The fourth-order valence-electron chi connectivity index (χ4n) is 2.90. The third-order valence-electron chi connectivity index (χ3n) is 4.14. The maximum absolute atomic E-state index is 12.4. The molecule has 2 amide bonds. The molecule has 20 heavy (non-hydrogen) atoms. The Hall–Kier alpha value is -1.34. The number of hydrogen-bond donors (Lipinski definition) is 3. The summed E-state index contributed by atoms with van der Waals surface area (Å²) in [5, 5.41) is 28.7. The Labute approximate surface area is 117 Å². The van der Waals surface area contributed by atoms with Crippen LogP contribution in [0.15, 0.2) is 0 Å². The topological polar surface area (TPSA) is 101 Å². The molecule has 2 aliphatic heterocycles. The van der Waals surface area contributed by atoms with Gasteiger partial charge in [-0.15, -0.1) is 0 Å². The van der Waals surface area contributed by atoms with Gasteiger partial charge in [0.25, 0.3) is 0 Å². The molecule has 0 saturated carbocycles. The van der Waals surface area contributed by atoms with E-state index in [-0.39, 0.29) is 19.0 Å². The Morgan fingerprint density at radius 2 is 1.95 bits per heavy atom. The lowest BCUT2D eigenvalue weighted by Gasteiger charge is -2.29. The predicted octanol–water partition coefficient (Wildman–Crippen LogP) is -0.137.